The van der Waals surface area contributed by atoms with Gasteiger partial charge in [0.05, 0.1) is 11.4 Å². The number of piperidine rings is 1. The van der Waals surface area contributed by atoms with Crippen LogP contribution in [0.5, 0.6) is 0 Å². The summed E-state index contributed by atoms with van der Waals surface area (Å²) in [6.07, 6.45) is 10.6. The van der Waals surface area contributed by atoms with Crippen molar-refractivity contribution in [3.63, 3.8) is 0 Å². The van der Waals surface area contributed by atoms with E-state index < -0.39 is 0 Å². The molecule has 6 heteroatoms. The van der Waals surface area contributed by atoms with Gasteiger partial charge in [-0.15, -0.1) is 0 Å². The van der Waals surface area contributed by atoms with E-state index in [2.05, 4.69) is 15.5 Å². The maximum atomic E-state index is 13.9. The van der Waals surface area contributed by atoms with Crippen molar-refractivity contribution in [3.8, 4) is 0 Å². The zero-order valence-electron chi connectivity index (χ0n) is 18.3. The van der Waals surface area contributed by atoms with Crippen LogP contribution in [0.25, 0.3) is 0 Å². The minimum atomic E-state index is -0.355. The molecule has 0 aromatic heterocycles. The van der Waals surface area contributed by atoms with Crippen LogP contribution in [0, 0.1) is 29.0 Å². The van der Waals surface area contributed by atoms with Crippen molar-refractivity contribution < 1.29 is 14.0 Å². The van der Waals surface area contributed by atoms with Crippen LogP contribution in [-0.4, -0.2) is 31.4 Å². The number of carbonyl (C=O) groups excluding carboxylic acids is 2. The molecule has 4 aliphatic carbocycles. The number of nitrogens with one attached hydrogen (secondary N) is 2. The number of carbonyl (C=O) groups is 2. The van der Waals surface area contributed by atoms with Crippen LogP contribution >= 0.6 is 0 Å². The first kappa shape index (κ1) is 20.8. The van der Waals surface area contributed by atoms with Crippen LogP contribution in [-0.2, 0) is 9.59 Å². The Morgan fingerprint density at radius 2 is 1.65 bits per heavy atom. The summed E-state index contributed by atoms with van der Waals surface area (Å²) in [5.74, 6) is 1.78. The van der Waals surface area contributed by atoms with Gasteiger partial charge in [-0.05, 0) is 93.7 Å². The summed E-state index contributed by atoms with van der Waals surface area (Å²) in [4.78, 5) is 27.8. The number of amides is 2. The van der Waals surface area contributed by atoms with Crippen molar-refractivity contribution >= 4 is 23.2 Å². The lowest BCUT2D eigenvalue weighted by atomic mass is 9.49. The van der Waals surface area contributed by atoms with E-state index in [9.17, 15) is 14.0 Å². The number of nitrogens with zero attached hydrogens (tertiary/aromatic N) is 1. The molecule has 31 heavy (non-hydrogen) atoms. The number of hydrogen-bond donors (Lipinski definition) is 2. The Labute approximate surface area is 184 Å². The van der Waals surface area contributed by atoms with Crippen molar-refractivity contribution in [2.24, 2.45) is 23.2 Å². The molecule has 1 aliphatic heterocycles. The zero-order valence-corrected chi connectivity index (χ0v) is 18.3. The second kappa shape index (κ2) is 8.44. The Hall–Kier alpha value is -2.11. The van der Waals surface area contributed by atoms with Gasteiger partial charge >= 0.3 is 0 Å². The first-order valence-electron chi connectivity index (χ1n) is 12.1. The quantitative estimate of drug-likeness (QED) is 0.704. The van der Waals surface area contributed by atoms with Gasteiger partial charge in [0.1, 0.15) is 5.82 Å². The fourth-order valence-corrected chi connectivity index (χ4v) is 7.10. The molecule has 0 spiro atoms. The molecule has 0 atom stereocenters. The molecule has 1 aromatic rings. The Morgan fingerprint density at radius 1 is 1.00 bits per heavy atom. The fourth-order valence-electron chi connectivity index (χ4n) is 7.10. The molecule has 5 nitrogen and oxygen atoms in total. The summed E-state index contributed by atoms with van der Waals surface area (Å²) in [5, 5.41) is 5.95. The molecule has 1 heterocycles. The highest BCUT2D eigenvalue weighted by Crippen LogP contribution is 2.60. The molecule has 4 saturated carbocycles. The summed E-state index contributed by atoms with van der Waals surface area (Å²) in [6, 6.07) is 4.60. The Kier molecular flexibility index (Phi) is 5.65. The number of anilines is 2. The molecule has 5 fully saturated rings. The van der Waals surface area contributed by atoms with E-state index in [0.29, 0.717) is 12.2 Å². The SMILES string of the molecule is O=C(CCNC(=O)C12CC3CC(CC(C3)C1)C2)Nc1cc(F)ccc1N1CCCCC1. The van der Waals surface area contributed by atoms with E-state index in [1.165, 1.54) is 37.8 Å². The van der Waals surface area contributed by atoms with Crippen LogP contribution < -0.4 is 15.5 Å². The van der Waals surface area contributed by atoms with Gasteiger partial charge in [-0.25, -0.2) is 4.39 Å². The van der Waals surface area contributed by atoms with E-state index in [1.807, 2.05) is 0 Å². The van der Waals surface area contributed by atoms with Gasteiger partial charge in [-0.3, -0.25) is 9.59 Å². The van der Waals surface area contributed by atoms with E-state index in [0.717, 1.165) is 68.6 Å². The lowest BCUT2D eigenvalue weighted by Crippen LogP contribution is -2.53. The normalized spacial score (nSPS) is 31.5. The molecule has 1 saturated heterocycles. The minimum absolute atomic E-state index is 0.152. The maximum absolute atomic E-state index is 13.9. The summed E-state index contributed by atoms with van der Waals surface area (Å²) >= 11 is 0. The fraction of sp³-hybridized carbons (Fsp3) is 0.680. The highest BCUT2D eigenvalue weighted by atomic mass is 19.1. The van der Waals surface area contributed by atoms with Crippen LogP contribution in [0.2, 0.25) is 0 Å². The van der Waals surface area contributed by atoms with E-state index in [1.54, 1.807) is 6.07 Å². The number of hydrogen-bond acceptors (Lipinski definition) is 3. The van der Waals surface area contributed by atoms with Gasteiger partial charge in [0, 0.05) is 31.5 Å². The molecule has 168 valence electrons. The van der Waals surface area contributed by atoms with Crippen molar-refractivity contribution in [1.82, 2.24) is 5.32 Å². The van der Waals surface area contributed by atoms with Gasteiger partial charge in [0.15, 0.2) is 0 Å². The monoisotopic (exact) mass is 427 g/mol. The maximum Gasteiger partial charge on any atom is 0.226 e. The van der Waals surface area contributed by atoms with Crippen molar-refractivity contribution in [1.29, 1.82) is 0 Å². The van der Waals surface area contributed by atoms with Gasteiger partial charge in [-0.1, -0.05) is 0 Å². The van der Waals surface area contributed by atoms with Gasteiger partial charge in [-0.2, -0.15) is 0 Å². The largest absolute Gasteiger partial charge is 0.370 e. The van der Waals surface area contributed by atoms with E-state index >= 15 is 0 Å². The number of benzene rings is 1. The summed E-state index contributed by atoms with van der Waals surface area (Å²) in [7, 11) is 0. The number of rotatable bonds is 6. The second-order valence-corrected chi connectivity index (χ2v) is 10.5. The van der Waals surface area contributed by atoms with Gasteiger partial charge in [0.25, 0.3) is 0 Å². The standard InChI is InChI=1S/C25H34FN3O2/c26-20-4-5-22(29-8-2-1-3-9-29)21(13-20)28-23(30)6-7-27-24(31)25-14-17-10-18(15-25)12-19(11-17)16-25/h4-5,13,17-19H,1-3,6-12,14-16H2,(H,27,31)(H,28,30). The molecule has 2 N–H and O–H groups in total. The molecule has 1 aromatic carbocycles. The molecular formula is C25H34FN3O2. The topological polar surface area (TPSA) is 61.4 Å². The molecule has 5 aliphatic rings. The third-order valence-electron chi connectivity index (χ3n) is 8.09. The van der Waals surface area contributed by atoms with Crippen LogP contribution in [0.4, 0.5) is 15.8 Å². The zero-order chi connectivity index (χ0) is 21.4. The smallest absolute Gasteiger partial charge is 0.226 e. The summed E-state index contributed by atoms with van der Waals surface area (Å²) in [6.45, 7) is 2.19. The van der Waals surface area contributed by atoms with Crippen LogP contribution in [0.3, 0.4) is 0 Å². The molecule has 4 bridgehead atoms. The third kappa shape index (κ3) is 4.31. The van der Waals surface area contributed by atoms with E-state index in [4.69, 9.17) is 0 Å². The third-order valence-corrected chi connectivity index (χ3v) is 8.09. The lowest BCUT2D eigenvalue weighted by molar-refractivity contribution is -0.146. The molecule has 6 rings (SSSR count). The predicted octanol–water partition coefficient (Wildman–Crippen LogP) is 4.48. The number of halogens is 1. The average molecular weight is 428 g/mol. The highest BCUT2D eigenvalue weighted by molar-refractivity contribution is 5.95. The second-order valence-electron chi connectivity index (χ2n) is 10.5. The van der Waals surface area contributed by atoms with Crippen molar-refractivity contribution in [2.75, 3.05) is 29.9 Å². The van der Waals surface area contributed by atoms with Crippen LogP contribution in [0.15, 0.2) is 18.2 Å². The highest BCUT2D eigenvalue weighted by Gasteiger charge is 2.54. The van der Waals surface area contributed by atoms with Crippen molar-refractivity contribution in [3.05, 3.63) is 24.0 Å². The lowest BCUT2D eigenvalue weighted by Gasteiger charge is -2.55. The first-order chi connectivity index (χ1) is 15.0. The Balaban J connectivity index is 1.16. The minimum Gasteiger partial charge on any atom is -0.370 e. The van der Waals surface area contributed by atoms with E-state index in [-0.39, 0.29) is 29.5 Å². The van der Waals surface area contributed by atoms with Gasteiger partial charge < -0.3 is 15.5 Å². The molecule has 0 unspecified atom stereocenters. The summed E-state index contributed by atoms with van der Waals surface area (Å²) < 4.78 is 13.9. The predicted molar refractivity (Wildman–Crippen MR) is 119 cm³/mol. The molecule has 0 radical (unpaired) electrons. The summed E-state index contributed by atoms with van der Waals surface area (Å²) in [5.41, 5.74) is 1.22. The first-order valence-corrected chi connectivity index (χ1v) is 12.1. The average Bonchev–Trinajstić information content (AvgIpc) is 2.73. The van der Waals surface area contributed by atoms with Crippen molar-refractivity contribution in [2.45, 2.75) is 64.2 Å². The Bertz CT molecular complexity index is 814. The molecular weight excluding hydrogens is 393 g/mol. The van der Waals surface area contributed by atoms with Crippen LogP contribution in [0.1, 0.15) is 64.2 Å². The Morgan fingerprint density at radius 3 is 2.29 bits per heavy atom. The molecule has 2 amide bonds. The van der Waals surface area contributed by atoms with Gasteiger partial charge in [0.2, 0.25) is 11.8 Å².